The summed E-state index contributed by atoms with van der Waals surface area (Å²) in [7, 11) is 0. The third-order valence-corrected chi connectivity index (χ3v) is 1.47. The van der Waals surface area contributed by atoms with E-state index in [0.717, 1.165) is 6.42 Å². The molecule has 1 N–H and O–H groups in total. The maximum atomic E-state index is 11.9. The van der Waals surface area contributed by atoms with Crippen LogP contribution in [0.1, 0.15) is 13.3 Å². The minimum atomic E-state index is -0.464. The van der Waals surface area contributed by atoms with Crippen molar-refractivity contribution in [2.24, 2.45) is 0 Å². The highest BCUT2D eigenvalue weighted by Gasteiger charge is 2.19. The summed E-state index contributed by atoms with van der Waals surface area (Å²) in [5, 5.41) is 0. The second-order valence-electron chi connectivity index (χ2n) is 2.50. The molecule has 1 nitrogen and oxygen atoms in total. The molecule has 9 heavy (non-hydrogen) atoms. The normalized spacial score (nSPS) is 33.1. The van der Waals surface area contributed by atoms with Crippen molar-refractivity contribution in [2.75, 3.05) is 0 Å². The summed E-state index contributed by atoms with van der Waals surface area (Å²) in [6, 6.07) is 0. The van der Waals surface area contributed by atoms with Gasteiger partial charge in [0.25, 0.3) is 0 Å². The fourth-order valence-electron chi connectivity index (χ4n) is 0.797. The van der Waals surface area contributed by atoms with Crippen LogP contribution in [0.2, 0.25) is 0 Å². The number of rotatable bonds is 1. The Balaban J connectivity index is 2.63. The summed E-state index contributed by atoms with van der Waals surface area (Å²) in [6.07, 6.45) is 8.23. The van der Waals surface area contributed by atoms with Gasteiger partial charge in [-0.05, 0) is 13.3 Å². The Bertz CT molecular complexity index is 151. The van der Waals surface area contributed by atoms with Crippen molar-refractivity contribution in [3.8, 4) is 0 Å². The van der Waals surface area contributed by atoms with Crippen LogP contribution in [0.15, 0.2) is 24.3 Å². The van der Waals surface area contributed by atoms with Gasteiger partial charge in [0.05, 0.1) is 5.54 Å². The second kappa shape index (κ2) is 2.31. The molecule has 0 bridgehead atoms. The summed E-state index contributed by atoms with van der Waals surface area (Å²) >= 11 is 0. The van der Waals surface area contributed by atoms with E-state index in [2.05, 4.69) is 0 Å². The lowest BCUT2D eigenvalue weighted by atomic mass is 9.95. The molecule has 0 saturated heterocycles. The van der Waals surface area contributed by atoms with Crippen LogP contribution < -0.4 is 5.54 Å². The van der Waals surface area contributed by atoms with Crippen LogP contribution in [0.5, 0.6) is 0 Å². The van der Waals surface area contributed by atoms with Gasteiger partial charge in [-0.3, -0.25) is 0 Å². The summed E-state index contributed by atoms with van der Waals surface area (Å²) in [5.41, 5.74) is 1.28. The average molecular weight is 127 g/mol. The second-order valence-corrected chi connectivity index (χ2v) is 2.50. The van der Waals surface area contributed by atoms with Gasteiger partial charge in [-0.15, -0.1) is 10.0 Å². The van der Waals surface area contributed by atoms with Crippen LogP contribution in [0.3, 0.4) is 0 Å². The molecule has 0 fully saturated rings. The summed E-state index contributed by atoms with van der Waals surface area (Å²) < 4.78 is 11.9. The number of halogens is 1. The molecule has 1 aliphatic carbocycles. The van der Waals surface area contributed by atoms with Crippen LogP contribution in [0, 0.1) is 0 Å². The molecule has 0 aliphatic heterocycles. The fraction of sp³-hybridized carbons (Fsp3) is 0.429. The van der Waals surface area contributed by atoms with E-state index in [4.69, 9.17) is 0 Å². The van der Waals surface area contributed by atoms with Gasteiger partial charge in [0, 0.05) is 0 Å². The van der Waals surface area contributed by atoms with Crippen molar-refractivity contribution in [3.05, 3.63) is 24.3 Å². The minimum Gasteiger partial charge on any atom is -0.149 e. The molecular weight excluding hydrogens is 117 g/mol. The number of hydrogen-bond acceptors (Lipinski definition) is 1. The van der Waals surface area contributed by atoms with Gasteiger partial charge in [0.1, 0.15) is 0 Å². The average Bonchev–Trinajstić information content (AvgIpc) is 1.90. The Morgan fingerprint density at radius 3 is 2.67 bits per heavy atom. The summed E-state index contributed by atoms with van der Waals surface area (Å²) in [4.78, 5) is 0. The highest BCUT2D eigenvalue weighted by atomic mass is 19.2. The highest BCUT2D eigenvalue weighted by Crippen LogP contribution is 2.15. The molecule has 50 valence electrons. The van der Waals surface area contributed by atoms with Crippen molar-refractivity contribution in [1.29, 1.82) is 0 Å². The minimum absolute atomic E-state index is 0.464. The van der Waals surface area contributed by atoms with Crippen LogP contribution in [-0.4, -0.2) is 5.54 Å². The van der Waals surface area contributed by atoms with Crippen molar-refractivity contribution in [3.63, 3.8) is 0 Å². The third kappa shape index (κ3) is 1.39. The van der Waals surface area contributed by atoms with Crippen LogP contribution >= 0.6 is 0 Å². The van der Waals surface area contributed by atoms with Crippen molar-refractivity contribution in [1.82, 2.24) is 5.54 Å². The monoisotopic (exact) mass is 127 g/mol. The predicted octanol–water partition coefficient (Wildman–Crippen LogP) is 1.74. The van der Waals surface area contributed by atoms with Crippen LogP contribution in [0.25, 0.3) is 0 Å². The van der Waals surface area contributed by atoms with Gasteiger partial charge in [0.2, 0.25) is 0 Å². The lowest BCUT2D eigenvalue weighted by Gasteiger charge is -2.22. The van der Waals surface area contributed by atoms with Gasteiger partial charge in [-0.2, -0.15) is 0 Å². The highest BCUT2D eigenvalue weighted by molar-refractivity contribution is 5.18. The number of nitrogens with one attached hydrogen (secondary N) is 1. The predicted molar refractivity (Wildman–Crippen MR) is 35.5 cm³/mol. The van der Waals surface area contributed by atoms with E-state index < -0.39 is 5.54 Å². The maximum Gasteiger partial charge on any atom is 0.0670 e. The van der Waals surface area contributed by atoms with E-state index in [1.54, 1.807) is 5.54 Å². The fourth-order valence-corrected chi connectivity index (χ4v) is 0.797. The molecule has 1 rings (SSSR count). The van der Waals surface area contributed by atoms with Gasteiger partial charge in [-0.1, -0.05) is 24.3 Å². The van der Waals surface area contributed by atoms with Crippen LogP contribution in [0.4, 0.5) is 4.48 Å². The first-order chi connectivity index (χ1) is 4.27. The Labute approximate surface area is 54.2 Å². The van der Waals surface area contributed by atoms with Crippen molar-refractivity contribution < 1.29 is 4.48 Å². The van der Waals surface area contributed by atoms with E-state index in [-0.39, 0.29) is 0 Å². The van der Waals surface area contributed by atoms with E-state index >= 15 is 0 Å². The molecule has 0 aromatic heterocycles. The zero-order chi connectivity index (χ0) is 6.74. The first-order valence-corrected chi connectivity index (χ1v) is 2.99. The zero-order valence-corrected chi connectivity index (χ0v) is 5.39. The Kier molecular flexibility index (Phi) is 1.67. The van der Waals surface area contributed by atoms with Crippen LogP contribution in [-0.2, 0) is 0 Å². The molecule has 0 heterocycles. The molecule has 0 spiro atoms. The number of allylic oxidation sites excluding steroid dienone is 2. The lowest BCUT2D eigenvalue weighted by Crippen LogP contribution is -2.34. The maximum absolute atomic E-state index is 11.9. The van der Waals surface area contributed by atoms with Gasteiger partial charge < -0.3 is 0 Å². The van der Waals surface area contributed by atoms with Gasteiger partial charge >= 0.3 is 0 Å². The standard InChI is InChI=1S/C7H10FN/c1-7(9-8)5-3-2-4-6-7/h2-5,9H,6H2,1H3. The Morgan fingerprint density at radius 2 is 2.33 bits per heavy atom. The molecule has 1 aliphatic rings. The molecular formula is C7H10FN. The molecule has 0 saturated carbocycles. The first-order valence-electron chi connectivity index (χ1n) is 2.99. The first kappa shape index (κ1) is 6.49. The largest absolute Gasteiger partial charge is 0.149 e. The third-order valence-electron chi connectivity index (χ3n) is 1.47. The molecule has 0 amide bonds. The quantitative estimate of drug-likeness (QED) is 0.529. The SMILES string of the molecule is CC1(NF)C=CC=CC1. The van der Waals surface area contributed by atoms with E-state index in [1.807, 2.05) is 31.2 Å². The smallest absolute Gasteiger partial charge is 0.0670 e. The van der Waals surface area contributed by atoms with Gasteiger partial charge in [0.15, 0.2) is 0 Å². The Hall–Kier alpha value is -0.630. The molecule has 0 radical (unpaired) electrons. The molecule has 0 aromatic carbocycles. The topological polar surface area (TPSA) is 12.0 Å². The lowest BCUT2D eigenvalue weighted by molar-refractivity contribution is 0.227. The molecule has 1 unspecified atom stereocenters. The molecule has 2 heteroatoms. The number of hydrogen-bond donors (Lipinski definition) is 1. The Morgan fingerprint density at radius 1 is 1.56 bits per heavy atom. The zero-order valence-electron chi connectivity index (χ0n) is 5.39. The van der Waals surface area contributed by atoms with E-state index in [1.165, 1.54) is 0 Å². The van der Waals surface area contributed by atoms with Crippen molar-refractivity contribution >= 4 is 0 Å². The van der Waals surface area contributed by atoms with Crippen molar-refractivity contribution in [2.45, 2.75) is 18.9 Å². The molecule has 1 atom stereocenters. The summed E-state index contributed by atoms with van der Waals surface area (Å²) in [5.74, 6) is 0. The van der Waals surface area contributed by atoms with Gasteiger partial charge in [-0.25, -0.2) is 0 Å². The molecule has 0 aromatic rings. The summed E-state index contributed by atoms with van der Waals surface area (Å²) in [6.45, 7) is 1.81. The van der Waals surface area contributed by atoms with E-state index in [9.17, 15) is 4.48 Å². The van der Waals surface area contributed by atoms with E-state index in [0.29, 0.717) is 0 Å².